The van der Waals surface area contributed by atoms with Crippen molar-refractivity contribution < 1.29 is 4.52 Å². The molecule has 2 aromatic carbocycles. The molecule has 28 heavy (non-hydrogen) atoms. The average Bonchev–Trinajstić information content (AvgIpc) is 3.51. The third-order valence-corrected chi connectivity index (χ3v) is 9.36. The molecule has 1 aliphatic heterocycles. The second kappa shape index (κ2) is 6.66. The molecule has 1 aromatic heterocycles. The Morgan fingerprint density at radius 1 is 1.04 bits per heavy atom. The smallest absolute Gasteiger partial charge is 0.192 e. The van der Waals surface area contributed by atoms with Crippen molar-refractivity contribution in [1.82, 2.24) is 14.5 Å². The van der Waals surface area contributed by atoms with E-state index >= 15 is 0 Å². The van der Waals surface area contributed by atoms with Crippen molar-refractivity contribution in [2.45, 2.75) is 25.8 Å². The lowest BCUT2D eigenvalue weighted by molar-refractivity contribution is 0.423. The fourth-order valence-corrected chi connectivity index (χ4v) is 7.51. The van der Waals surface area contributed by atoms with Crippen molar-refractivity contribution in [2.75, 3.05) is 7.11 Å². The Balaban J connectivity index is 1.81. The van der Waals surface area contributed by atoms with Gasteiger partial charge in [-0.2, -0.15) is 5.10 Å². The molecule has 1 fully saturated rings. The predicted molar refractivity (Wildman–Crippen MR) is 117 cm³/mol. The van der Waals surface area contributed by atoms with Crippen molar-refractivity contribution in [1.29, 1.82) is 0 Å². The maximum absolute atomic E-state index is 6.26. The Labute approximate surface area is 169 Å². The number of benzene rings is 2. The van der Waals surface area contributed by atoms with Gasteiger partial charge < -0.3 is 9.19 Å². The molecule has 0 amide bonds. The molecule has 5 rings (SSSR count). The van der Waals surface area contributed by atoms with Crippen molar-refractivity contribution in [3.63, 3.8) is 0 Å². The molecule has 0 N–H and O–H groups in total. The summed E-state index contributed by atoms with van der Waals surface area (Å²) in [6.07, 6.45) is -0.255. The van der Waals surface area contributed by atoms with E-state index in [-0.39, 0.29) is 0 Å². The Morgan fingerprint density at radius 2 is 1.68 bits per heavy atom. The van der Waals surface area contributed by atoms with Crippen LogP contribution in [0.2, 0.25) is 0 Å². The zero-order valence-electron chi connectivity index (χ0n) is 15.8. The first-order valence-electron chi connectivity index (χ1n) is 9.38. The van der Waals surface area contributed by atoms with Crippen molar-refractivity contribution in [2.24, 2.45) is 4.99 Å². The first-order chi connectivity index (χ1) is 13.6. The van der Waals surface area contributed by atoms with E-state index in [1.165, 1.54) is 0 Å². The molecule has 0 spiro atoms. The summed E-state index contributed by atoms with van der Waals surface area (Å²) in [5.74, 6) is 1.70. The molecule has 5 nitrogen and oxygen atoms in total. The van der Waals surface area contributed by atoms with Gasteiger partial charge in [0.2, 0.25) is 0 Å². The summed E-state index contributed by atoms with van der Waals surface area (Å²) >= 11 is 6.26. The molecule has 0 bridgehead atoms. The number of para-hydroxylation sites is 1. The molecular formula is C21H21N4OPS. The second-order valence-corrected chi connectivity index (χ2v) is 10.9. The molecule has 3 aromatic rings. The number of nitrogens with zero attached hydrogens (tertiary/aromatic N) is 4. The number of fused-ring (bicyclic) bond motifs is 1. The van der Waals surface area contributed by atoms with E-state index in [0.29, 0.717) is 6.04 Å². The lowest BCUT2D eigenvalue weighted by Crippen LogP contribution is -2.38. The Bertz CT molecular complexity index is 1110. The highest BCUT2D eigenvalue weighted by Gasteiger charge is 2.47. The van der Waals surface area contributed by atoms with Crippen LogP contribution < -0.4 is 5.30 Å². The number of hydrogen-bond acceptors (Lipinski definition) is 4. The first kappa shape index (κ1) is 17.8. The zero-order valence-corrected chi connectivity index (χ0v) is 17.5. The van der Waals surface area contributed by atoms with Gasteiger partial charge in [0.05, 0.1) is 16.7 Å². The summed E-state index contributed by atoms with van der Waals surface area (Å²) < 4.78 is 10.3. The number of rotatable bonds is 4. The van der Waals surface area contributed by atoms with Crippen LogP contribution in [0.1, 0.15) is 24.1 Å². The minimum atomic E-state index is -2.49. The quantitative estimate of drug-likeness (QED) is 0.603. The third kappa shape index (κ3) is 2.67. The number of aliphatic imine (C=N–C) groups is 1. The number of hydrogen-bond donors (Lipinski definition) is 0. The molecular weight excluding hydrogens is 387 g/mol. The van der Waals surface area contributed by atoms with E-state index < -0.39 is 6.42 Å². The third-order valence-electron chi connectivity index (χ3n) is 5.17. The SMILES string of the molecule is CO[P@]1(=S)c2c(C)nn(-c3ccccc3)c2N=C(c2ccccc2)N1C1CC1. The standard InChI is InChI=1S/C21H21N4OPS/c1-15-19-21(24(23-15)17-11-7-4-8-12-17)22-20(16-9-5-3-6-10-16)25(18-13-14-18)27(19,28)26-2/h3-12,18H,13-14H2,1-2H3/t27-/m0/s1. The molecule has 0 radical (unpaired) electrons. The highest BCUT2D eigenvalue weighted by Crippen LogP contribution is 2.59. The molecule has 1 aliphatic carbocycles. The van der Waals surface area contributed by atoms with E-state index in [0.717, 1.165) is 46.7 Å². The fourth-order valence-electron chi connectivity index (χ4n) is 3.74. The molecule has 0 unspecified atom stereocenters. The van der Waals surface area contributed by atoms with Crippen molar-refractivity contribution in [3.05, 3.63) is 71.9 Å². The number of aryl methyl sites for hydroxylation is 1. The predicted octanol–water partition coefficient (Wildman–Crippen LogP) is 4.32. The average molecular weight is 408 g/mol. The number of amidine groups is 1. The lowest BCUT2D eigenvalue weighted by Gasteiger charge is -2.39. The van der Waals surface area contributed by atoms with Crippen LogP contribution in [0.15, 0.2) is 65.7 Å². The van der Waals surface area contributed by atoms with Gasteiger partial charge in [0.15, 0.2) is 12.2 Å². The molecule has 0 saturated heterocycles. The van der Waals surface area contributed by atoms with Crippen LogP contribution in [0.25, 0.3) is 5.69 Å². The molecule has 1 saturated carbocycles. The Hall–Kier alpha value is -2.27. The first-order valence-corrected chi connectivity index (χ1v) is 12.1. The van der Waals surface area contributed by atoms with Crippen LogP contribution in [0.4, 0.5) is 5.82 Å². The van der Waals surface area contributed by atoms with Gasteiger partial charge in [0.25, 0.3) is 0 Å². The summed E-state index contributed by atoms with van der Waals surface area (Å²) in [7, 11) is 1.73. The van der Waals surface area contributed by atoms with E-state index in [1.807, 2.05) is 60.1 Å². The highest BCUT2D eigenvalue weighted by atomic mass is 32.4. The highest BCUT2D eigenvalue weighted by molar-refractivity contribution is 8.15. The van der Waals surface area contributed by atoms with Crippen LogP contribution in [0.5, 0.6) is 0 Å². The van der Waals surface area contributed by atoms with Gasteiger partial charge in [-0.3, -0.25) is 0 Å². The summed E-state index contributed by atoms with van der Waals surface area (Å²) in [5.41, 5.74) is 2.93. The second-order valence-electron chi connectivity index (χ2n) is 7.09. The van der Waals surface area contributed by atoms with Gasteiger partial charge in [-0.25, -0.2) is 9.67 Å². The normalized spacial score (nSPS) is 21.4. The molecule has 2 aliphatic rings. The van der Waals surface area contributed by atoms with E-state index in [9.17, 15) is 0 Å². The summed E-state index contributed by atoms with van der Waals surface area (Å²) in [6, 6.07) is 20.7. The topological polar surface area (TPSA) is 42.6 Å². The Kier molecular flexibility index (Phi) is 4.23. The van der Waals surface area contributed by atoms with E-state index in [2.05, 4.69) is 16.8 Å². The fraction of sp³-hybridized carbons (Fsp3) is 0.238. The van der Waals surface area contributed by atoms with E-state index in [4.69, 9.17) is 26.4 Å². The van der Waals surface area contributed by atoms with Crippen molar-refractivity contribution in [3.8, 4) is 5.69 Å². The largest absolute Gasteiger partial charge is 0.334 e. The Morgan fingerprint density at radius 3 is 2.29 bits per heavy atom. The van der Waals surface area contributed by atoms with Crippen LogP contribution in [-0.4, -0.2) is 33.4 Å². The van der Waals surface area contributed by atoms with Gasteiger partial charge in [0.1, 0.15) is 5.84 Å². The summed E-state index contributed by atoms with van der Waals surface area (Å²) in [4.78, 5) is 5.12. The monoisotopic (exact) mass is 408 g/mol. The zero-order chi connectivity index (χ0) is 19.3. The number of aromatic nitrogens is 2. The maximum atomic E-state index is 6.26. The van der Waals surface area contributed by atoms with Gasteiger partial charge >= 0.3 is 0 Å². The van der Waals surface area contributed by atoms with Crippen LogP contribution in [-0.2, 0) is 16.3 Å². The van der Waals surface area contributed by atoms with Crippen LogP contribution in [0, 0.1) is 6.92 Å². The minimum Gasteiger partial charge on any atom is -0.334 e. The minimum absolute atomic E-state index is 0.386. The molecule has 2 heterocycles. The van der Waals surface area contributed by atoms with Gasteiger partial charge in [-0.15, -0.1) is 0 Å². The van der Waals surface area contributed by atoms with Crippen molar-refractivity contribution >= 4 is 35.2 Å². The van der Waals surface area contributed by atoms with Crippen LogP contribution in [0.3, 0.4) is 0 Å². The molecule has 1 atom stereocenters. The summed E-state index contributed by atoms with van der Waals surface area (Å²) in [6.45, 7) is 2.01. The van der Waals surface area contributed by atoms with Gasteiger partial charge in [-0.1, -0.05) is 48.5 Å². The maximum Gasteiger partial charge on any atom is 0.192 e. The van der Waals surface area contributed by atoms with E-state index in [1.54, 1.807) is 7.11 Å². The van der Waals surface area contributed by atoms with Gasteiger partial charge in [0, 0.05) is 18.7 Å². The summed E-state index contributed by atoms with van der Waals surface area (Å²) in [5, 5.41) is 5.78. The lowest BCUT2D eigenvalue weighted by atomic mass is 10.2. The van der Waals surface area contributed by atoms with Crippen LogP contribution >= 0.6 is 6.42 Å². The van der Waals surface area contributed by atoms with Gasteiger partial charge in [-0.05, 0) is 43.7 Å². The molecule has 7 heteroatoms. The molecule has 142 valence electrons.